The Kier molecular flexibility index (Phi) is 6.42. The van der Waals surface area contributed by atoms with Gasteiger partial charge in [0.2, 0.25) is 0 Å². The van der Waals surface area contributed by atoms with Crippen molar-refractivity contribution in [2.24, 2.45) is 11.3 Å². The van der Waals surface area contributed by atoms with Gasteiger partial charge in [-0.2, -0.15) is 11.8 Å². The SMILES string of the molecule is CCCNC1CCC(C)CC1SCC1(CC(=O)OC)CC1. The van der Waals surface area contributed by atoms with E-state index in [1.54, 1.807) is 0 Å². The molecule has 0 spiro atoms. The van der Waals surface area contributed by atoms with Crippen molar-refractivity contribution < 1.29 is 9.53 Å². The minimum atomic E-state index is -0.0363. The zero-order valence-electron chi connectivity index (χ0n) is 13.8. The molecule has 0 radical (unpaired) electrons. The van der Waals surface area contributed by atoms with Gasteiger partial charge in [-0.1, -0.05) is 13.8 Å². The fraction of sp³-hybridized carbons (Fsp3) is 0.941. The molecule has 2 rings (SSSR count). The van der Waals surface area contributed by atoms with Gasteiger partial charge in [0, 0.05) is 11.3 Å². The van der Waals surface area contributed by atoms with E-state index >= 15 is 0 Å². The second-order valence-electron chi connectivity index (χ2n) is 7.08. The van der Waals surface area contributed by atoms with Crippen LogP contribution in [0.25, 0.3) is 0 Å². The Balaban J connectivity index is 1.82. The molecular weight excluding hydrogens is 282 g/mol. The maximum Gasteiger partial charge on any atom is 0.306 e. The predicted octanol–water partition coefficient (Wildman–Crippen LogP) is 3.62. The van der Waals surface area contributed by atoms with Gasteiger partial charge in [-0.25, -0.2) is 0 Å². The van der Waals surface area contributed by atoms with Crippen LogP contribution in [0.5, 0.6) is 0 Å². The van der Waals surface area contributed by atoms with Crippen molar-refractivity contribution >= 4 is 17.7 Å². The molecule has 0 aromatic carbocycles. The van der Waals surface area contributed by atoms with Gasteiger partial charge in [-0.3, -0.25) is 4.79 Å². The molecule has 0 amide bonds. The highest BCUT2D eigenvalue weighted by molar-refractivity contribution is 8.00. The van der Waals surface area contributed by atoms with Crippen molar-refractivity contribution in [3.05, 3.63) is 0 Å². The number of carbonyl (C=O) groups excluding carboxylic acids is 1. The number of rotatable bonds is 8. The van der Waals surface area contributed by atoms with Gasteiger partial charge < -0.3 is 10.1 Å². The first kappa shape index (κ1) is 17.1. The van der Waals surface area contributed by atoms with Crippen LogP contribution in [-0.2, 0) is 9.53 Å². The molecule has 0 bridgehead atoms. The van der Waals surface area contributed by atoms with E-state index in [1.165, 1.54) is 45.6 Å². The van der Waals surface area contributed by atoms with E-state index in [0.717, 1.165) is 23.5 Å². The van der Waals surface area contributed by atoms with Crippen LogP contribution in [0.3, 0.4) is 0 Å². The molecule has 0 aromatic rings. The zero-order chi connectivity index (χ0) is 15.3. The maximum atomic E-state index is 11.5. The molecule has 0 aliphatic heterocycles. The van der Waals surface area contributed by atoms with Crippen LogP contribution in [0.4, 0.5) is 0 Å². The summed E-state index contributed by atoms with van der Waals surface area (Å²) in [5, 5.41) is 4.46. The smallest absolute Gasteiger partial charge is 0.306 e. The molecule has 3 atom stereocenters. The third kappa shape index (κ3) is 5.17. The Morgan fingerprint density at radius 1 is 1.38 bits per heavy atom. The van der Waals surface area contributed by atoms with Crippen LogP contribution in [0.15, 0.2) is 0 Å². The van der Waals surface area contributed by atoms with E-state index in [4.69, 9.17) is 4.74 Å². The Bertz CT molecular complexity index is 342. The first-order valence-electron chi connectivity index (χ1n) is 8.50. The number of esters is 1. The highest BCUT2D eigenvalue weighted by Gasteiger charge is 2.45. The average Bonchev–Trinajstić information content (AvgIpc) is 3.24. The van der Waals surface area contributed by atoms with E-state index in [-0.39, 0.29) is 11.4 Å². The lowest BCUT2D eigenvalue weighted by Crippen LogP contribution is -2.43. The van der Waals surface area contributed by atoms with E-state index in [9.17, 15) is 4.79 Å². The van der Waals surface area contributed by atoms with Crippen molar-refractivity contribution in [3.8, 4) is 0 Å². The summed E-state index contributed by atoms with van der Waals surface area (Å²) in [6.07, 6.45) is 8.20. The van der Waals surface area contributed by atoms with Gasteiger partial charge >= 0.3 is 5.97 Å². The molecule has 122 valence electrons. The lowest BCUT2D eigenvalue weighted by Gasteiger charge is -2.36. The van der Waals surface area contributed by atoms with Crippen LogP contribution < -0.4 is 5.32 Å². The molecule has 0 heterocycles. The number of thioether (sulfide) groups is 1. The van der Waals surface area contributed by atoms with Crippen LogP contribution in [0, 0.1) is 11.3 Å². The quantitative estimate of drug-likeness (QED) is 0.695. The molecule has 21 heavy (non-hydrogen) atoms. The summed E-state index contributed by atoms with van der Waals surface area (Å²) in [5.41, 5.74) is 0.258. The number of methoxy groups -OCH3 is 1. The minimum absolute atomic E-state index is 0.0363. The molecule has 0 aromatic heterocycles. The predicted molar refractivity (Wildman–Crippen MR) is 89.6 cm³/mol. The van der Waals surface area contributed by atoms with Gasteiger partial charge in [-0.15, -0.1) is 0 Å². The topological polar surface area (TPSA) is 38.3 Å². The number of ether oxygens (including phenoxy) is 1. The number of hydrogen-bond acceptors (Lipinski definition) is 4. The monoisotopic (exact) mass is 313 g/mol. The van der Waals surface area contributed by atoms with Gasteiger partial charge in [0.25, 0.3) is 0 Å². The van der Waals surface area contributed by atoms with Crippen LogP contribution in [0.2, 0.25) is 0 Å². The van der Waals surface area contributed by atoms with Crippen LogP contribution in [0.1, 0.15) is 58.8 Å². The number of nitrogens with one attached hydrogen (secondary N) is 1. The van der Waals surface area contributed by atoms with Crippen LogP contribution in [-0.4, -0.2) is 36.7 Å². The summed E-state index contributed by atoms with van der Waals surface area (Å²) in [5.74, 6) is 1.94. The second-order valence-corrected chi connectivity index (χ2v) is 8.31. The zero-order valence-corrected chi connectivity index (χ0v) is 14.6. The Labute approximate surface area is 134 Å². The highest BCUT2D eigenvalue weighted by atomic mass is 32.2. The molecule has 3 nitrogen and oxygen atoms in total. The average molecular weight is 314 g/mol. The summed E-state index contributed by atoms with van der Waals surface area (Å²) < 4.78 is 4.85. The van der Waals surface area contributed by atoms with Crippen molar-refractivity contribution in [2.75, 3.05) is 19.4 Å². The van der Waals surface area contributed by atoms with E-state index in [0.29, 0.717) is 12.5 Å². The molecular formula is C17H31NO2S. The largest absolute Gasteiger partial charge is 0.469 e. The van der Waals surface area contributed by atoms with E-state index < -0.39 is 0 Å². The van der Waals surface area contributed by atoms with Crippen molar-refractivity contribution in [1.29, 1.82) is 0 Å². The lowest BCUT2D eigenvalue weighted by molar-refractivity contribution is -0.141. The molecule has 0 saturated heterocycles. The van der Waals surface area contributed by atoms with Crippen molar-refractivity contribution in [1.82, 2.24) is 5.32 Å². The number of hydrogen-bond donors (Lipinski definition) is 1. The third-order valence-corrected chi connectivity index (χ3v) is 6.75. The summed E-state index contributed by atoms with van der Waals surface area (Å²) in [7, 11) is 1.50. The lowest BCUT2D eigenvalue weighted by atomic mass is 9.87. The molecule has 4 heteroatoms. The van der Waals surface area contributed by atoms with Gasteiger partial charge in [0.15, 0.2) is 0 Å². The summed E-state index contributed by atoms with van der Waals surface area (Å²) in [6, 6.07) is 0.667. The summed E-state index contributed by atoms with van der Waals surface area (Å²) in [6.45, 7) is 5.74. The van der Waals surface area contributed by atoms with E-state index in [2.05, 4.69) is 30.9 Å². The maximum absolute atomic E-state index is 11.5. The minimum Gasteiger partial charge on any atom is -0.469 e. The first-order valence-corrected chi connectivity index (χ1v) is 9.55. The fourth-order valence-electron chi connectivity index (χ4n) is 3.29. The van der Waals surface area contributed by atoms with Crippen molar-refractivity contribution in [3.63, 3.8) is 0 Å². The van der Waals surface area contributed by atoms with Gasteiger partial charge in [0.05, 0.1) is 13.5 Å². The highest BCUT2D eigenvalue weighted by Crippen LogP contribution is 2.52. The fourth-order valence-corrected chi connectivity index (χ4v) is 5.17. The molecule has 1 N–H and O–H groups in total. The number of carbonyl (C=O) groups is 1. The molecule has 2 aliphatic carbocycles. The Hall–Kier alpha value is -0.220. The normalized spacial score (nSPS) is 30.9. The Morgan fingerprint density at radius 2 is 2.14 bits per heavy atom. The van der Waals surface area contributed by atoms with Gasteiger partial charge in [0.1, 0.15) is 0 Å². The molecule has 3 unspecified atom stereocenters. The first-order chi connectivity index (χ1) is 10.1. The van der Waals surface area contributed by atoms with Gasteiger partial charge in [-0.05, 0) is 62.2 Å². The van der Waals surface area contributed by atoms with Crippen molar-refractivity contribution in [2.45, 2.75) is 70.1 Å². The molecule has 2 aliphatic rings. The standard InChI is InChI=1S/C17H31NO2S/c1-4-9-18-14-6-5-13(2)10-15(14)21-12-17(7-8-17)11-16(19)20-3/h13-15,18H,4-12H2,1-3H3. The summed E-state index contributed by atoms with van der Waals surface area (Å²) >= 11 is 2.11. The van der Waals surface area contributed by atoms with E-state index in [1.807, 2.05) is 0 Å². The molecule has 2 saturated carbocycles. The molecule has 2 fully saturated rings. The van der Waals surface area contributed by atoms with Crippen LogP contribution >= 0.6 is 11.8 Å². The summed E-state index contributed by atoms with van der Waals surface area (Å²) in [4.78, 5) is 11.5. The second kappa shape index (κ2) is 7.87. The third-order valence-electron chi connectivity index (χ3n) is 5.02. The Morgan fingerprint density at radius 3 is 2.76 bits per heavy atom.